The average Bonchev–Trinajstić information content (AvgIpc) is 3.55. The maximum Gasteiger partial charge on any atom is 0.213 e. The van der Waals surface area contributed by atoms with Gasteiger partial charge in [0.25, 0.3) is 0 Å². The summed E-state index contributed by atoms with van der Waals surface area (Å²) in [6.07, 6.45) is 9.13. The number of rotatable bonds is 9. The van der Waals surface area contributed by atoms with Crippen LogP contribution in [0.15, 0.2) is 28.0 Å². The number of ether oxygens (including phenoxy) is 1. The molecule has 0 bridgehead atoms. The number of unbranched alkanes of at least 4 members (excludes halogenated alkanes) is 1. The van der Waals surface area contributed by atoms with Crippen molar-refractivity contribution in [1.29, 1.82) is 0 Å². The Hall–Kier alpha value is -2.52. The van der Waals surface area contributed by atoms with Crippen LogP contribution in [0.2, 0.25) is 0 Å². The lowest BCUT2D eigenvalue weighted by atomic mass is 10.1. The first-order valence-corrected chi connectivity index (χ1v) is 13.0. The zero-order valence-corrected chi connectivity index (χ0v) is 20.3. The number of anilines is 1. The Balaban J connectivity index is 1.44. The fourth-order valence-corrected chi connectivity index (χ4v) is 5.27. The number of aliphatic imine (C=N–C) groups is 1. The maximum absolute atomic E-state index is 6.00. The molecule has 170 valence electrons. The average molecular weight is 471 g/mol. The van der Waals surface area contributed by atoms with E-state index in [1.165, 1.54) is 37.0 Å². The number of nitrogens with two attached hydrogens (primary N) is 1. The lowest BCUT2D eigenvalue weighted by molar-refractivity contribution is 0.243. The number of nitrogens with zero attached hydrogens (tertiary/aromatic N) is 4. The molecule has 0 radical (unpaired) electrons. The minimum Gasteiger partial charge on any atom is -0.477 e. The Labute approximate surface area is 197 Å². The molecule has 9 heteroatoms. The lowest BCUT2D eigenvalue weighted by Gasteiger charge is -2.11. The summed E-state index contributed by atoms with van der Waals surface area (Å²) < 4.78 is 6.00. The highest BCUT2D eigenvalue weighted by atomic mass is 32.1. The Morgan fingerprint density at radius 1 is 1.22 bits per heavy atom. The van der Waals surface area contributed by atoms with Crippen molar-refractivity contribution in [2.75, 3.05) is 18.5 Å². The molecular formula is C23H30N6OS2. The van der Waals surface area contributed by atoms with E-state index in [1.807, 2.05) is 23.0 Å². The standard InChI is InChI=1S/C23H30N6OS2/c1-3-4-9-25-22(24)29-23-28-19(14-32-23)18-13-31-21(27-18)17-10-20(26-11-15(17)2)30-12-16-7-5-6-8-16/h10-11,13-14,16H,3-9,12H2,1-2H3,(H3,24,25,28,29). The van der Waals surface area contributed by atoms with Gasteiger partial charge in [-0.15, -0.1) is 22.7 Å². The SMILES string of the molecule is CCCCN=C(N)Nc1nc(-c2csc(-c3cc(OCC4CCCC4)ncc3C)n2)cs1. The van der Waals surface area contributed by atoms with Crippen LogP contribution in [0.5, 0.6) is 5.88 Å². The van der Waals surface area contributed by atoms with Crippen molar-refractivity contribution in [3.8, 4) is 27.8 Å². The fraction of sp³-hybridized carbons (Fsp3) is 0.478. The molecule has 0 spiro atoms. The number of nitrogens with one attached hydrogen (secondary N) is 1. The Bertz CT molecular complexity index is 1050. The van der Waals surface area contributed by atoms with Crippen LogP contribution in [0.1, 0.15) is 51.0 Å². The molecule has 3 N–H and O–H groups in total. The first-order chi connectivity index (χ1) is 15.6. The van der Waals surface area contributed by atoms with Gasteiger partial charge in [0, 0.05) is 35.1 Å². The van der Waals surface area contributed by atoms with Crippen LogP contribution in [-0.4, -0.2) is 34.1 Å². The molecule has 3 heterocycles. The monoisotopic (exact) mass is 470 g/mol. The number of hydrogen-bond donors (Lipinski definition) is 2. The zero-order valence-electron chi connectivity index (χ0n) is 18.6. The molecule has 7 nitrogen and oxygen atoms in total. The van der Waals surface area contributed by atoms with Crippen LogP contribution in [0.3, 0.4) is 0 Å². The molecule has 32 heavy (non-hydrogen) atoms. The summed E-state index contributed by atoms with van der Waals surface area (Å²) in [6.45, 7) is 5.65. The van der Waals surface area contributed by atoms with E-state index < -0.39 is 0 Å². The minimum absolute atomic E-state index is 0.399. The topological polar surface area (TPSA) is 98.3 Å². The third-order valence-electron chi connectivity index (χ3n) is 5.55. The molecule has 1 aliphatic rings. The van der Waals surface area contributed by atoms with E-state index >= 15 is 0 Å². The Morgan fingerprint density at radius 3 is 2.81 bits per heavy atom. The van der Waals surface area contributed by atoms with Crippen molar-refractivity contribution in [1.82, 2.24) is 15.0 Å². The van der Waals surface area contributed by atoms with Crippen molar-refractivity contribution in [3.63, 3.8) is 0 Å². The third-order valence-corrected chi connectivity index (χ3v) is 7.18. The summed E-state index contributed by atoms with van der Waals surface area (Å²) in [5.74, 6) is 1.73. The molecule has 0 atom stereocenters. The Kier molecular flexibility index (Phi) is 7.70. The normalized spacial score (nSPS) is 14.8. The van der Waals surface area contributed by atoms with Crippen molar-refractivity contribution in [2.45, 2.75) is 52.4 Å². The van der Waals surface area contributed by atoms with Gasteiger partial charge in [-0.05, 0) is 37.7 Å². The molecule has 0 amide bonds. The number of thiazole rings is 2. The number of aryl methyl sites for hydroxylation is 1. The first-order valence-electron chi connectivity index (χ1n) is 11.2. The van der Waals surface area contributed by atoms with Crippen molar-refractivity contribution < 1.29 is 4.74 Å². The third kappa shape index (κ3) is 5.83. The van der Waals surface area contributed by atoms with Gasteiger partial charge in [0.15, 0.2) is 11.1 Å². The molecule has 0 unspecified atom stereocenters. The van der Waals surface area contributed by atoms with Gasteiger partial charge in [0.05, 0.1) is 6.61 Å². The van der Waals surface area contributed by atoms with Gasteiger partial charge >= 0.3 is 0 Å². The molecule has 3 aromatic rings. The van der Waals surface area contributed by atoms with Gasteiger partial charge in [-0.25, -0.2) is 15.0 Å². The van der Waals surface area contributed by atoms with Crippen LogP contribution < -0.4 is 15.8 Å². The second kappa shape index (κ2) is 10.9. The quantitative estimate of drug-likeness (QED) is 0.235. The maximum atomic E-state index is 6.00. The summed E-state index contributed by atoms with van der Waals surface area (Å²) in [7, 11) is 0. The highest BCUT2D eigenvalue weighted by Crippen LogP contribution is 2.33. The number of hydrogen-bond acceptors (Lipinski definition) is 7. The van der Waals surface area contributed by atoms with E-state index in [1.54, 1.807) is 11.3 Å². The predicted molar refractivity (Wildman–Crippen MR) is 134 cm³/mol. The van der Waals surface area contributed by atoms with E-state index in [0.29, 0.717) is 17.8 Å². The van der Waals surface area contributed by atoms with E-state index in [2.05, 4.69) is 34.1 Å². The molecule has 1 fully saturated rings. The fourth-order valence-electron chi connectivity index (χ4n) is 3.66. The van der Waals surface area contributed by atoms with Crippen molar-refractivity contribution >= 4 is 33.8 Å². The minimum atomic E-state index is 0.399. The summed E-state index contributed by atoms with van der Waals surface area (Å²) in [5, 5.41) is 8.74. The first kappa shape index (κ1) is 22.7. The highest BCUT2D eigenvalue weighted by molar-refractivity contribution is 7.14. The molecule has 0 aromatic carbocycles. The van der Waals surface area contributed by atoms with Crippen LogP contribution >= 0.6 is 22.7 Å². The van der Waals surface area contributed by atoms with Crippen LogP contribution in [0.25, 0.3) is 22.0 Å². The van der Waals surface area contributed by atoms with E-state index in [9.17, 15) is 0 Å². The van der Waals surface area contributed by atoms with E-state index in [4.69, 9.17) is 15.5 Å². The van der Waals surface area contributed by atoms with Gasteiger partial charge < -0.3 is 15.8 Å². The summed E-state index contributed by atoms with van der Waals surface area (Å²) in [4.78, 5) is 18.2. The largest absolute Gasteiger partial charge is 0.477 e. The molecule has 0 aliphatic heterocycles. The lowest BCUT2D eigenvalue weighted by Crippen LogP contribution is -2.22. The van der Waals surface area contributed by atoms with Gasteiger partial charge in [-0.3, -0.25) is 4.99 Å². The molecule has 3 aromatic heterocycles. The van der Waals surface area contributed by atoms with Gasteiger partial charge in [0.1, 0.15) is 16.4 Å². The highest BCUT2D eigenvalue weighted by Gasteiger charge is 2.17. The molecule has 1 aliphatic carbocycles. The van der Waals surface area contributed by atoms with E-state index in [-0.39, 0.29) is 0 Å². The predicted octanol–water partition coefficient (Wildman–Crippen LogP) is 5.73. The number of aromatic nitrogens is 3. The second-order valence-electron chi connectivity index (χ2n) is 8.12. The summed E-state index contributed by atoms with van der Waals surface area (Å²) >= 11 is 3.09. The number of pyridine rings is 1. The molecule has 0 saturated heterocycles. The van der Waals surface area contributed by atoms with E-state index in [0.717, 1.165) is 58.6 Å². The van der Waals surface area contributed by atoms with Gasteiger partial charge in [-0.2, -0.15) is 0 Å². The van der Waals surface area contributed by atoms with Gasteiger partial charge in [-0.1, -0.05) is 26.2 Å². The smallest absolute Gasteiger partial charge is 0.213 e. The van der Waals surface area contributed by atoms with Crippen LogP contribution in [0.4, 0.5) is 5.13 Å². The number of guanidine groups is 1. The van der Waals surface area contributed by atoms with Crippen molar-refractivity contribution in [3.05, 3.63) is 28.6 Å². The molecule has 4 rings (SSSR count). The zero-order chi connectivity index (χ0) is 22.3. The Morgan fingerprint density at radius 2 is 2.00 bits per heavy atom. The van der Waals surface area contributed by atoms with Crippen LogP contribution in [0, 0.1) is 12.8 Å². The summed E-state index contributed by atoms with van der Waals surface area (Å²) in [5.41, 5.74) is 9.75. The second-order valence-corrected chi connectivity index (χ2v) is 9.84. The molecule has 1 saturated carbocycles. The van der Waals surface area contributed by atoms with Crippen LogP contribution in [-0.2, 0) is 0 Å². The van der Waals surface area contributed by atoms with Gasteiger partial charge in [0.2, 0.25) is 5.88 Å². The van der Waals surface area contributed by atoms with Crippen molar-refractivity contribution in [2.24, 2.45) is 16.6 Å². The summed E-state index contributed by atoms with van der Waals surface area (Å²) in [6, 6.07) is 2.01. The molecular weight excluding hydrogens is 440 g/mol.